The highest BCUT2D eigenvalue weighted by molar-refractivity contribution is 6.35. The smallest absolute Gasteiger partial charge is 0.132 e. The Hall–Kier alpha value is -1.19. The van der Waals surface area contributed by atoms with Crippen molar-refractivity contribution in [1.29, 1.82) is 0 Å². The molecule has 0 bridgehead atoms. The molecule has 0 saturated heterocycles. The highest BCUT2D eigenvalue weighted by Crippen LogP contribution is 2.42. The first-order valence-electron chi connectivity index (χ1n) is 6.81. The number of nitrogens with two attached hydrogens (primary N) is 1. The molecular formula is C15H17Cl2N3. The van der Waals surface area contributed by atoms with Crippen LogP contribution in [0.5, 0.6) is 0 Å². The molecule has 1 saturated carbocycles. The van der Waals surface area contributed by atoms with E-state index in [1.165, 1.54) is 12.8 Å². The van der Waals surface area contributed by atoms with E-state index in [1.807, 2.05) is 12.1 Å². The summed E-state index contributed by atoms with van der Waals surface area (Å²) in [5.74, 6) is 2.09. The first-order chi connectivity index (χ1) is 9.47. The van der Waals surface area contributed by atoms with Crippen LogP contribution in [0.2, 0.25) is 10.0 Å². The van der Waals surface area contributed by atoms with E-state index in [2.05, 4.69) is 18.4 Å². The van der Waals surface area contributed by atoms with Gasteiger partial charge in [0.1, 0.15) is 17.3 Å². The minimum Gasteiger partial charge on any atom is -0.383 e. The summed E-state index contributed by atoms with van der Waals surface area (Å²) in [7, 11) is 0. The molecule has 1 aromatic carbocycles. The number of imidazole rings is 1. The summed E-state index contributed by atoms with van der Waals surface area (Å²) in [6, 6.07) is 5.92. The minimum absolute atomic E-state index is 0.335. The summed E-state index contributed by atoms with van der Waals surface area (Å²) < 4.78 is 2.18. The quantitative estimate of drug-likeness (QED) is 0.876. The van der Waals surface area contributed by atoms with Crippen molar-refractivity contribution in [3.05, 3.63) is 34.1 Å². The first-order valence-corrected chi connectivity index (χ1v) is 7.57. The standard InChI is InChI=1S/C15H17Cl2N3/c1-8(2)15-19-13(14(18)20(15)12-3-4-12)9-5-10(16)7-11(17)6-9/h5-8,12H,3-4,18H2,1-2H3. The topological polar surface area (TPSA) is 43.8 Å². The van der Waals surface area contributed by atoms with E-state index < -0.39 is 0 Å². The number of aromatic nitrogens is 2. The van der Waals surface area contributed by atoms with Crippen molar-refractivity contribution in [3.8, 4) is 11.3 Å². The lowest BCUT2D eigenvalue weighted by molar-refractivity contribution is 0.646. The second-order valence-corrected chi connectivity index (χ2v) is 6.49. The van der Waals surface area contributed by atoms with Crippen LogP contribution >= 0.6 is 23.2 Å². The third-order valence-corrected chi connectivity index (χ3v) is 3.98. The Kier molecular flexibility index (Phi) is 3.43. The Morgan fingerprint density at radius 3 is 2.30 bits per heavy atom. The third kappa shape index (κ3) is 2.40. The molecule has 3 rings (SSSR count). The van der Waals surface area contributed by atoms with Gasteiger partial charge in [0.25, 0.3) is 0 Å². The Bertz CT molecular complexity index is 637. The van der Waals surface area contributed by atoms with E-state index in [1.54, 1.807) is 6.07 Å². The highest BCUT2D eigenvalue weighted by Gasteiger charge is 2.30. The van der Waals surface area contributed by atoms with Gasteiger partial charge in [-0.05, 0) is 31.0 Å². The zero-order chi connectivity index (χ0) is 14.4. The van der Waals surface area contributed by atoms with Crippen LogP contribution in [0.15, 0.2) is 18.2 Å². The van der Waals surface area contributed by atoms with Crippen LogP contribution < -0.4 is 5.73 Å². The predicted molar refractivity (Wildman–Crippen MR) is 84.5 cm³/mol. The number of rotatable bonds is 3. The van der Waals surface area contributed by atoms with Crippen molar-refractivity contribution in [2.45, 2.75) is 38.6 Å². The molecule has 106 valence electrons. The third-order valence-electron chi connectivity index (χ3n) is 3.54. The van der Waals surface area contributed by atoms with E-state index >= 15 is 0 Å². The van der Waals surface area contributed by atoms with Gasteiger partial charge in [-0.15, -0.1) is 0 Å². The van der Waals surface area contributed by atoms with E-state index in [9.17, 15) is 0 Å². The maximum Gasteiger partial charge on any atom is 0.132 e. The molecule has 0 atom stereocenters. The Labute approximate surface area is 128 Å². The molecule has 0 aliphatic heterocycles. The zero-order valence-corrected chi connectivity index (χ0v) is 13.0. The van der Waals surface area contributed by atoms with Crippen molar-refractivity contribution in [2.24, 2.45) is 0 Å². The minimum atomic E-state index is 0.335. The van der Waals surface area contributed by atoms with E-state index in [0.29, 0.717) is 22.0 Å². The number of nitrogen functional groups attached to an aromatic ring is 1. The maximum absolute atomic E-state index is 6.33. The van der Waals surface area contributed by atoms with Crippen molar-refractivity contribution in [3.63, 3.8) is 0 Å². The van der Waals surface area contributed by atoms with Gasteiger partial charge in [-0.1, -0.05) is 37.0 Å². The van der Waals surface area contributed by atoms with Gasteiger partial charge >= 0.3 is 0 Å². The lowest BCUT2D eigenvalue weighted by atomic mass is 10.1. The predicted octanol–water partition coefficient (Wildman–Crippen LogP) is 4.90. The monoisotopic (exact) mass is 309 g/mol. The van der Waals surface area contributed by atoms with Gasteiger partial charge in [0, 0.05) is 27.6 Å². The fourth-order valence-corrected chi connectivity index (χ4v) is 3.02. The number of hydrogen-bond donors (Lipinski definition) is 1. The fourth-order valence-electron chi connectivity index (χ4n) is 2.49. The van der Waals surface area contributed by atoms with Crippen molar-refractivity contribution in [1.82, 2.24) is 9.55 Å². The number of hydrogen-bond acceptors (Lipinski definition) is 2. The van der Waals surface area contributed by atoms with Gasteiger partial charge < -0.3 is 10.3 Å². The molecule has 1 aromatic heterocycles. The Morgan fingerprint density at radius 1 is 1.20 bits per heavy atom. The summed E-state index contributed by atoms with van der Waals surface area (Å²) >= 11 is 12.2. The molecule has 1 aliphatic rings. The van der Waals surface area contributed by atoms with E-state index in [-0.39, 0.29) is 0 Å². The number of benzene rings is 1. The number of halogens is 2. The van der Waals surface area contributed by atoms with E-state index in [0.717, 1.165) is 22.9 Å². The second-order valence-electron chi connectivity index (χ2n) is 5.62. The largest absolute Gasteiger partial charge is 0.383 e. The molecule has 0 amide bonds. The SMILES string of the molecule is CC(C)c1nc(-c2cc(Cl)cc(Cl)c2)c(N)n1C1CC1. The van der Waals surface area contributed by atoms with Gasteiger partial charge in [0.2, 0.25) is 0 Å². The van der Waals surface area contributed by atoms with Crippen LogP contribution in [-0.2, 0) is 0 Å². The summed E-state index contributed by atoms with van der Waals surface area (Å²) in [4.78, 5) is 4.74. The maximum atomic E-state index is 6.33. The molecule has 1 heterocycles. The highest BCUT2D eigenvalue weighted by atomic mass is 35.5. The van der Waals surface area contributed by atoms with Gasteiger partial charge in [-0.2, -0.15) is 0 Å². The molecule has 3 nitrogen and oxygen atoms in total. The second kappa shape index (κ2) is 4.97. The molecule has 1 aliphatic carbocycles. The molecule has 2 aromatic rings. The lowest BCUT2D eigenvalue weighted by Crippen LogP contribution is -2.06. The van der Waals surface area contributed by atoms with Gasteiger partial charge in [0.05, 0.1) is 0 Å². The number of nitrogens with zero attached hydrogens (tertiary/aromatic N) is 2. The normalized spacial score (nSPS) is 15.1. The van der Waals surface area contributed by atoms with Crippen molar-refractivity contribution < 1.29 is 0 Å². The molecule has 20 heavy (non-hydrogen) atoms. The molecule has 0 unspecified atom stereocenters. The van der Waals surface area contributed by atoms with Crippen LogP contribution in [0.1, 0.15) is 44.5 Å². The fraction of sp³-hybridized carbons (Fsp3) is 0.400. The van der Waals surface area contributed by atoms with E-state index in [4.69, 9.17) is 33.9 Å². The van der Waals surface area contributed by atoms with Gasteiger partial charge in [-0.25, -0.2) is 4.98 Å². The van der Waals surface area contributed by atoms with Gasteiger partial charge in [0.15, 0.2) is 0 Å². The zero-order valence-electron chi connectivity index (χ0n) is 11.5. The van der Waals surface area contributed by atoms with Crippen LogP contribution in [0.25, 0.3) is 11.3 Å². The molecule has 0 radical (unpaired) electrons. The first kappa shape index (κ1) is 13.8. The average Bonchev–Trinajstić information content (AvgIpc) is 3.11. The lowest BCUT2D eigenvalue weighted by Gasteiger charge is -2.10. The van der Waals surface area contributed by atoms with Crippen LogP contribution in [0.3, 0.4) is 0 Å². The van der Waals surface area contributed by atoms with Crippen LogP contribution in [-0.4, -0.2) is 9.55 Å². The molecule has 2 N–H and O–H groups in total. The van der Waals surface area contributed by atoms with Crippen molar-refractivity contribution in [2.75, 3.05) is 5.73 Å². The molecule has 5 heteroatoms. The summed E-state index contributed by atoms with van der Waals surface area (Å²) in [5.41, 5.74) is 7.99. The van der Waals surface area contributed by atoms with Gasteiger partial charge in [-0.3, -0.25) is 0 Å². The molecule has 1 fully saturated rings. The van der Waals surface area contributed by atoms with Crippen LogP contribution in [0, 0.1) is 0 Å². The Morgan fingerprint density at radius 2 is 1.80 bits per heavy atom. The summed E-state index contributed by atoms with van der Waals surface area (Å²) in [5, 5.41) is 1.19. The molecular weight excluding hydrogens is 293 g/mol. The molecule has 0 spiro atoms. The number of anilines is 1. The van der Waals surface area contributed by atoms with Crippen molar-refractivity contribution >= 4 is 29.0 Å². The Balaban J connectivity index is 2.16. The average molecular weight is 310 g/mol. The van der Waals surface area contributed by atoms with Crippen LogP contribution in [0.4, 0.5) is 5.82 Å². The summed E-state index contributed by atoms with van der Waals surface area (Å²) in [6.07, 6.45) is 2.35. The summed E-state index contributed by atoms with van der Waals surface area (Å²) in [6.45, 7) is 4.27.